The molecule has 0 unspecified atom stereocenters. The van der Waals surface area contributed by atoms with E-state index < -0.39 is 11.5 Å². The number of nitrogens with one attached hydrogen (secondary N) is 1. The topological polar surface area (TPSA) is 64.6 Å². The van der Waals surface area contributed by atoms with E-state index in [-0.39, 0.29) is 5.91 Å². The van der Waals surface area contributed by atoms with Gasteiger partial charge in [-0.05, 0) is 37.5 Å². The maximum Gasteiger partial charge on any atom is 0.331 e. The predicted octanol–water partition coefficient (Wildman–Crippen LogP) is 2.48. The van der Waals surface area contributed by atoms with Crippen LogP contribution in [-0.4, -0.2) is 31.6 Å². The molecule has 0 saturated heterocycles. The van der Waals surface area contributed by atoms with Crippen LogP contribution in [0.4, 0.5) is 0 Å². The summed E-state index contributed by atoms with van der Waals surface area (Å²) < 4.78 is 9.89. The highest BCUT2D eigenvalue weighted by Crippen LogP contribution is 2.16. The second kappa shape index (κ2) is 8.41. The lowest BCUT2D eigenvalue weighted by Crippen LogP contribution is -2.52. The van der Waals surface area contributed by atoms with Gasteiger partial charge in [-0.2, -0.15) is 0 Å². The molecule has 0 aliphatic rings. The van der Waals surface area contributed by atoms with E-state index in [1.165, 1.54) is 7.11 Å². The highest BCUT2D eigenvalue weighted by Gasteiger charge is 2.34. The number of esters is 1. The molecule has 0 spiro atoms. The second-order valence-electron chi connectivity index (χ2n) is 5.47. The highest BCUT2D eigenvalue weighted by atomic mass is 16.5. The molecule has 0 radical (unpaired) electrons. The lowest BCUT2D eigenvalue weighted by Gasteiger charge is -2.27. The Morgan fingerprint density at radius 1 is 1.18 bits per heavy atom. The summed E-state index contributed by atoms with van der Waals surface area (Å²) in [6.07, 6.45) is 2.26. The molecular weight excluding hydrogens is 282 g/mol. The van der Waals surface area contributed by atoms with Gasteiger partial charge in [0.1, 0.15) is 11.3 Å². The third kappa shape index (κ3) is 5.06. The first-order valence-corrected chi connectivity index (χ1v) is 7.47. The Hall–Kier alpha value is -2.04. The Bertz CT molecular complexity index is 498. The number of carbonyl (C=O) groups excluding carboxylic acids is 2. The average molecular weight is 307 g/mol. The van der Waals surface area contributed by atoms with Crippen LogP contribution in [0.25, 0.3) is 0 Å². The predicted molar refractivity (Wildman–Crippen MR) is 84.8 cm³/mol. The third-order valence-corrected chi connectivity index (χ3v) is 3.60. The molecule has 1 rings (SSSR count). The first-order chi connectivity index (χ1) is 10.4. The molecule has 0 aliphatic carbocycles. The van der Waals surface area contributed by atoms with Crippen molar-refractivity contribution in [2.45, 2.75) is 45.1 Å². The van der Waals surface area contributed by atoms with E-state index in [1.807, 2.05) is 31.2 Å². The van der Waals surface area contributed by atoms with Gasteiger partial charge in [0.05, 0.1) is 14.2 Å². The average Bonchev–Trinajstić information content (AvgIpc) is 2.52. The molecule has 122 valence electrons. The molecular formula is C17H25NO4. The number of benzene rings is 1. The van der Waals surface area contributed by atoms with Gasteiger partial charge >= 0.3 is 5.97 Å². The van der Waals surface area contributed by atoms with E-state index >= 15 is 0 Å². The maximum absolute atomic E-state index is 12.1. The van der Waals surface area contributed by atoms with Crippen LogP contribution >= 0.6 is 0 Å². The van der Waals surface area contributed by atoms with Gasteiger partial charge in [-0.3, -0.25) is 4.79 Å². The molecule has 5 heteroatoms. The number of rotatable bonds is 8. The van der Waals surface area contributed by atoms with Gasteiger partial charge in [-0.25, -0.2) is 4.79 Å². The lowest BCUT2D eigenvalue weighted by molar-refractivity contribution is -0.150. The van der Waals surface area contributed by atoms with Crippen molar-refractivity contribution >= 4 is 11.9 Å². The number of hydrogen-bond donors (Lipinski definition) is 1. The standard InChI is InChI=1S/C17H25NO4/c1-5-12-17(2,16(20)22-4)18-15(19)11-8-13-6-9-14(21-3)10-7-13/h6-7,9-10H,5,8,11-12H2,1-4H3,(H,18,19)/t17-/m1/s1. The Morgan fingerprint density at radius 3 is 2.32 bits per heavy atom. The molecule has 0 bridgehead atoms. The van der Waals surface area contributed by atoms with Gasteiger partial charge < -0.3 is 14.8 Å². The number of aryl methyl sites for hydroxylation is 1. The van der Waals surface area contributed by atoms with Crippen molar-refractivity contribution in [2.24, 2.45) is 0 Å². The molecule has 1 aromatic rings. The van der Waals surface area contributed by atoms with Crippen LogP contribution in [0, 0.1) is 0 Å². The van der Waals surface area contributed by atoms with Crippen molar-refractivity contribution in [3.05, 3.63) is 29.8 Å². The van der Waals surface area contributed by atoms with E-state index in [9.17, 15) is 9.59 Å². The molecule has 0 saturated carbocycles. The molecule has 0 aliphatic heterocycles. The summed E-state index contributed by atoms with van der Waals surface area (Å²) in [5.41, 5.74) is 0.0896. The Kier molecular flexibility index (Phi) is 6.89. The molecule has 0 fully saturated rings. The minimum atomic E-state index is -0.958. The van der Waals surface area contributed by atoms with Crippen LogP contribution in [0.2, 0.25) is 0 Å². The van der Waals surface area contributed by atoms with Crippen molar-refractivity contribution in [3.8, 4) is 5.75 Å². The lowest BCUT2D eigenvalue weighted by atomic mass is 9.95. The molecule has 5 nitrogen and oxygen atoms in total. The fourth-order valence-corrected chi connectivity index (χ4v) is 2.36. The number of carbonyl (C=O) groups is 2. The molecule has 1 amide bonds. The smallest absolute Gasteiger partial charge is 0.331 e. The largest absolute Gasteiger partial charge is 0.497 e. The van der Waals surface area contributed by atoms with Crippen molar-refractivity contribution in [1.29, 1.82) is 0 Å². The second-order valence-corrected chi connectivity index (χ2v) is 5.47. The van der Waals surface area contributed by atoms with E-state index in [0.29, 0.717) is 19.3 Å². The third-order valence-electron chi connectivity index (χ3n) is 3.60. The highest BCUT2D eigenvalue weighted by molar-refractivity contribution is 5.87. The Labute approximate surface area is 132 Å². The van der Waals surface area contributed by atoms with Crippen LogP contribution in [0.5, 0.6) is 5.75 Å². The SMILES string of the molecule is CCC[C@@](C)(NC(=O)CCc1ccc(OC)cc1)C(=O)OC. The summed E-state index contributed by atoms with van der Waals surface area (Å²) in [6, 6.07) is 7.58. The summed E-state index contributed by atoms with van der Waals surface area (Å²) >= 11 is 0. The molecule has 0 heterocycles. The van der Waals surface area contributed by atoms with Crippen LogP contribution in [0.15, 0.2) is 24.3 Å². The first kappa shape index (κ1) is 18.0. The monoisotopic (exact) mass is 307 g/mol. The minimum Gasteiger partial charge on any atom is -0.497 e. The summed E-state index contributed by atoms with van der Waals surface area (Å²) in [7, 11) is 2.95. The van der Waals surface area contributed by atoms with Crippen molar-refractivity contribution in [1.82, 2.24) is 5.32 Å². The van der Waals surface area contributed by atoms with Crippen LogP contribution in [-0.2, 0) is 20.7 Å². The van der Waals surface area contributed by atoms with Crippen molar-refractivity contribution in [3.63, 3.8) is 0 Å². The normalized spacial score (nSPS) is 13.1. The van der Waals surface area contributed by atoms with Crippen molar-refractivity contribution < 1.29 is 19.1 Å². The van der Waals surface area contributed by atoms with Crippen LogP contribution in [0.3, 0.4) is 0 Å². The van der Waals surface area contributed by atoms with Gasteiger partial charge in [0.2, 0.25) is 5.91 Å². The maximum atomic E-state index is 12.1. The minimum absolute atomic E-state index is 0.155. The summed E-state index contributed by atoms with van der Waals surface area (Å²) in [4.78, 5) is 24.0. The summed E-state index contributed by atoms with van der Waals surface area (Å²) in [5.74, 6) is 0.221. The van der Waals surface area contributed by atoms with Crippen LogP contribution in [0.1, 0.15) is 38.7 Å². The zero-order valence-corrected chi connectivity index (χ0v) is 13.8. The van der Waals surface area contributed by atoms with Gasteiger partial charge in [-0.15, -0.1) is 0 Å². The quantitative estimate of drug-likeness (QED) is 0.749. The fourth-order valence-electron chi connectivity index (χ4n) is 2.36. The zero-order valence-electron chi connectivity index (χ0n) is 13.8. The van der Waals surface area contributed by atoms with Crippen LogP contribution < -0.4 is 10.1 Å². The van der Waals surface area contributed by atoms with Gasteiger partial charge in [-0.1, -0.05) is 25.5 Å². The number of amides is 1. The summed E-state index contributed by atoms with van der Waals surface area (Å²) in [6.45, 7) is 3.66. The number of ether oxygens (including phenoxy) is 2. The molecule has 1 N–H and O–H groups in total. The van der Waals surface area contributed by atoms with E-state index in [4.69, 9.17) is 9.47 Å². The van der Waals surface area contributed by atoms with Gasteiger partial charge in [0.25, 0.3) is 0 Å². The molecule has 22 heavy (non-hydrogen) atoms. The fraction of sp³-hybridized carbons (Fsp3) is 0.529. The van der Waals surface area contributed by atoms with Gasteiger partial charge in [0.15, 0.2) is 0 Å². The molecule has 0 aromatic heterocycles. The Morgan fingerprint density at radius 2 is 1.82 bits per heavy atom. The van der Waals surface area contributed by atoms with E-state index in [2.05, 4.69) is 5.32 Å². The van der Waals surface area contributed by atoms with E-state index in [0.717, 1.165) is 17.7 Å². The molecule has 1 aromatic carbocycles. The molecule has 1 atom stereocenters. The van der Waals surface area contributed by atoms with Gasteiger partial charge in [0, 0.05) is 6.42 Å². The Balaban J connectivity index is 2.58. The van der Waals surface area contributed by atoms with Crippen molar-refractivity contribution in [2.75, 3.05) is 14.2 Å². The number of hydrogen-bond acceptors (Lipinski definition) is 4. The summed E-state index contributed by atoms with van der Waals surface area (Å²) in [5, 5.41) is 2.80. The first-order valence-electron chi connectivity index (χ1n) is 7.47. The van der Waals surface area contributed by atoms with E-state index in [1.54, 1.807) is 14.0 Å². The zero-order chi connectivity index (χ0) is 16.6. The number of methoxy groups -OCH3 is 2.